The predicted octanol–water partition coefficient (Wildman–Crippen LogP) is 4.61. The molecule has 4 aliphatic rings. The maximum Gasteiger partial charge on any atom is 0.136 e. The molecular weight excluding hydrogens is 272 g/mol. The Morgan fingerprint density at radius 3 is 2.55 bits per heavy atom. The summed E-state index contributed by atoms with van der Waals surface area (Å²) in [5.74, 6) is 3.34. The Morgan fingerprint density at radius 2 is 1.77 bits per heavy atom. The van der Waals surface area contributed by atoms with Crippen molar-refractivity contribution in [2.24, 2.45) is 34.5 Å². The normalized spacial score (nSPS) is 54.5. The van der Waals surface area contributed by atoms with E-state index < -0.39 is 0 Å². The van der Waals surface area contributed by atoms with Crippen molar-refractivity contribution in [2.45, 2.75) is 77.7 Å². The molecule has 0 amide bonds. The van der Waals surface area contributed by atoms with Crippen molar-refractivity contribution in [1.82, 2.24) is 0 Å². The highest BCUT2D eigenvalue weighted by molar-refractivity contribution is 5.84. The molecule has 4 fully saturated rings. The van der Waals surface area contributed by atoms with Gasteiger partial charge in [-0.15, -0.1) is 0 Å². The van der Waals surface area contributed by atoms with Gasteiger partial charge < -0.3 is 4.74 Å². The molecular formula is C20H32O2. The van der Waals surface area contributed by atoms with Crippen LogP contribution in [0.25, 0.3) is 0 Å². The fourth-order valence-electron chi connectivity index (χ4n) is 7.19. The van der Waals surface area contributed by atoms with Gasteiger partial charge in [0.05, 0.1) is 6.10 Å². The van der Waals surface area contributed by atoms with Gasteiger partial charge in [0.15, 0.2) is 0 Å². The second-order valence-corrected chi connectivity index (χ2v) is 9.33. The maximum absolute atomic E-state index is 12.6. The Balaban J connectivity index is 1.63. The number of hydrogen-bond acceptors (Lipinski definition) is 2. The second-order valence-electron chi connectivity index (χ2n) is 9.33. The number of Topliss-reactive ketones (excluding diaryl/α,β-unsaturated/α-hetero) is 1. The molecule has 0 aliphatic heterocycles. The van der Waals surface area contributed by atoms with Crippen molar-refractivity contribution in [2.75, 3.05) is 7.11 Å². The number of hydrogen-bond donors (Lipinski definition) is 0. The molecule has 0 spiro atoms. The van der Waals surface area contributed by atoms with E-state index >= 15 is 0 Å². The van der Waals surface area contributed by atoms with Gasteiger partial charge in [-0.1, -0.05) is 13.8 Å². The van der Waals surface area contributed by atoms with Gasteiger partial charge >= 0.3 is 0 Å². The van der Waals surface area contributed by atoms with Gasteiger partial charge in [0, 0.05) is 19.4 Å². The van der Waals surface area contributed by atoms with Crippen LogP contribution in [0.5, 0.6) is 0 Å². The number of methoxy groups -OCH3 is 1. The van der Waals surface area contributed by atoms with Crippen molar-refractivity contribution in [1.29, 1.82) is 0 Å². The highest BCUT2D eigenvalue weighted by Gasteiger charge is 2.61. The lowest BCUT2D eigenvalue weighted by atomic mass is 9.44. The van der Waals surface area contributed by atoms with Crippen molar-refractivity contribution in [3.05, 3.63) is 0 Å². The smallest absolute Gasteiger partial charge is 0.136 e. The summed E-state index contributed by atoms with van der Waals surface area (Å²) in [5, 5.41) is 0. The Kier molecular flexibility index (Phi) is 3.49. The topological polar surface area (TPSA) is 26.3 Å². The SMILES string of the molecule is CO[C@@H]1CC[C@@H]2[C@H](CC[C@@H]3[C@H]4C(=O)CC[C@@]4(C)CC[C@@]23C)C1. The van der Waals surface area contributed by atoms with Crippen LogP contribution < -0.4 is 0 Å². The minimum atomic E-state index is 0.331. The Morgan fingerprint density at radius 1 is 1.00 bits per heavy atom. The van der Waals surface area contributed by atoms with Gasteiger partial charge in [-0.3, -0.25) is 4.79 Å². The molecule has 0 N–H and O–H groups in total. The molecule has 22 heavy (non-hydrogen) atoms. The summed E-state index contributed by atoms with van der Waals surface area (Å²) in [5.41, 5.74) is 0.754. The molecule has 0 saturated heterocycles. The summed E-state index contributed by atoms with van der Waals surface area (Å²) in [6.07, 6.45) is 11.6. The van der Waals surface area contributed by atoms with E-state index in [1.807, 2.05) is 7.11 Å². The van der Waals surface area contributed by atoms with Crippen LogP contribution in [0, 0.1) is 34.5 Å². The third-order valence-electron chi connectivity index (χ3n) is 8.49. The second kappa shape index (κ2) is 5.06. The summed E-state index contributed by atoms with van der Waals surface area (Å²) in [7, 11) is 1.88. The molecule has 124 valence electrons. The molecule has 4 saturated carbocycles. The van der Waals surface area contributed by atoms with Crippen molar-refractivity contribution in [3.8, 4) is 0 Å². The van der Waals surface area contributed by atoms with Crippen LogP contribution >= 0.6 is 0 Å². The highest BCUT2D eigenvalue weighted by Crippen LogP contribution is 2.66. The molecule has 7 atom stereocenters. The van der Waals surface area contributed by atoms with Gasteiger partial charge in [0.1, 0.15) is 5.78 Å². The van der Waals surface area contributed by atoms with E-state index in [1.54, 1.807) is 0 Å². The molecule has 4 rings (SSSR count). The van der Waals surface area contributed by atoms with Crippen LogP contribution in [-0.4, -0.2) is 19.0 Å². The standard InChI is InChI=1S/C20H32O2/c1-19-9-8-17(21)18(19)16-6-4-13-12-14(22-3)5-7-15(13)20(16,2)11-10-19/h13-16,18H,4-12H2,1-3H3/t13-,14-,15-,16-,18+,19+,20+/m1/s1. The lowest BCUT2D eigenvalue weighted by molar-refractivity contribution is -0.149. The number of carbonyl (C=O) groups is 1. The van der Waals surface area contributed by atoms with Crippen molar-refractivity contribution in [3.63, 3.8) is 0 Å². The number of ketones is 1. The first kappa shape index (κ1) is 15.2. The van der Waals surface area contributed by atoms with Gasteiger partial charge in [0.2, 0.25) is 0 Å². The van der Waals surface area contributed by atoms with Gasteiger partial charge in [-0.25, -0.2) is 0 Å². The monoisotopic (exact) mass is 304 g/mol. The number of carbonyl (C=O) groups excluding carboxylic acids is 1. The third kappa shape index (κ3) is 1.98. The number of ether oxygens (including phenoxy) is 1. The summed E-state index contributed by atoms with van der Waals surface area (Å²) < 4.78 is 5.66. The molecule has 0 heterocycles. The fourth-order valence-corrected chi connectivity index (χ4v) is 7.19. The van der Waals surface area contributed by atoms with Gasteiger partial charge in [0.25, 0.3) is 0 Å². The fraction of sp³-hybridized carbons (Fsp3) is 0.950. The Labute approximate surface area is 135 Å². The van der Waals surface area contributed by atoms with Gasteiger partial charge in [-0.2, -0.15) is 0 Å². The van der Waals surface area contributed by atoms with Crippen molar-refractivity contribution < 1.29 is 9.53 Å². The first-order valence-corrected chi connectivity index (χ1v) is 9.53. The minimum absolute atomic E-state index is 0.331. The molecule has 0 bridgehead atoms. The summed E-state index contributed by atoms with van der Waals surface area (Å²) in [6.45, 7) is 4.96. The van der Waals surface area contributed by atoms with E-state index in [1.165, 1.54) is 44.9 Å². The predicted molar refractivity (Wildman–Crippen MR) is 87.5 cm³/mol. The number of rotatable bonds is 1. The first-order valence-electron chi connectivity index (χ1n) is 9.53. The molecule has 2 nitrogen and oxygen atoms in total. The largest absolute Gasteiger partial charge is 0.381 e. The summed E-state index contributed by atoms with van der Waals surface area (Å²) >= 11 is 0. The van der Waals surface area contributed by atoms with Crippen LogP contribution in [0.4, 0.5) is 0 Å². The Bertz CT molecular complexity index is 472. The molecule has 0 aromatic rings. The quantitative estimate of drug-likeness (QED) is 0.707. The van der Waals surface area contributed by atoms with Crippen LogP contribution in [-0.2, 0) is 9.53 Å². The van der Waals surface area contributed by atoms with Crippen LogP contribution in [0.1, 0.15) is 71.6 Å². The summed E-state index contributed by atoms with van der Waals surface area (Å²) in [4.78, 5) is 12.6. The first-order chi connectivity index (χ1) is 10.5. The van der Waals surface area contributed by atoms with E-state index in [2.05, 4.69) is 13.8 Å². The average molecular weight is 304 g/mol. The molecule has 0 unspecified atom stereocenters. The maximum atomic E-state index is 12.6. The summed E-state index contributed by atoms with van der Waals surface area (Å²) in [6, 6.07) is 0. The zero-order valence-corrected chi connectivity index (χ0v) is 14.6. The van der Waals surface area contributed by atoms with E-state index in [0.717, 1.165) is 24.7 Å². The number of fused-ring (bicyclic) bond motifs is 5. The average Bonchev–Trinajstić information content (AvgIpc) is 2.83. The molecule has 0 aromatic heterocycles. The van der Waals surface area contributed by atoms with E-state index in [0.29, 0.717) is 34.6 Å². The molecule has 2 heteroatoms. The van der Waals surface area contributed by atoms with Crippen LogP contribution in [0.15, 0.2) is 0 Å². The highest BCUT2D eigenvalue weighted by atomic mass is 16.5. The Hall–Kier alpha value is -0.370. The van der Waals surface area contributed by atoms with Crippen LogP contribution in [0.2, 0.25) is 0 Å². The van der Waals surface area contributed by atoms with E-state index in [4.69, 9.17) is 4.74 Å². The third-order valence-corrected chi connectivity index (χ3v) is 8.49. The molecule has 0 aromatic carbocycles. The van der Waals surface area contributed by atoms with Gasteiger partial charge in [-0.05, 0) is 80.0 Å². The van der Waals surface area contributed by atoms with Crippen LogP contribution in [0.3, 0.4) is 0 Å². The minimum Gasteiger partial charge on any atom is -0.381 e. The molecule has 0 radical (unpaired) electrons. The zero-order valence-electron chi connectivity index (χ0n) is 14.6. The molecule has 4 aliphatic carbocycles. The van der Waals surface area contributed by atoms with E-state index in [-0.39, 0.29) is 0 Å². The lowest BCUT2D eigenvalue weighted by Crippen LogP contribution is -2.55. The zero-order chi connectivity index (χ0) is 15.5. The van der Waals surface area contributed by atoms with Crippen molar-refractivity contribution >= 4 is 5.78 Å². The van der Waals surface area contributed by atoms with E-state index in [9.17, 15) is 4.79 Å². The lowest BCUT2D eigenvalue weighted by Gasteiger charge is -2.60.